The SMILES string of the molecule is Cc1ncsc1CNC(=O)N1CC(C)OC(C)C1. The van der Waals surface area contributed by atoms with Gasteiger partial charge in [0.15, 0.2) is 0 Å². The molecule has 0 bridgehead atoms. The minimum absolute atomic E-state index is 0.0233. The van der Waals surface area contributed by atoms with Gasteiger partial charge in [-0.05, 0) is 20.8 Å². The summed E-state index contributed by atoms with van der Waals surface area (Å²) in [6.07, 6.45) is 0.203. The highest BCUT2D eigenvalue weighted by Crippen LogP contribution is 2.13. The topological polar surface area (TPSA) is 54.5 Å². The van der Waals surface area contributed by atoms with Crippen molar-refractivity contribution in [3.8, 4) is 0 Å². The molecule has 1 aliphatic heterocycles. The van der Waals surface area contributed by atoms with Crippen molar-refractivity contribution in [2.24, 2.45) is 0 Å². The molecule has 18 heavy (non-hydrogen) atoms. The van der Waals surface area contributed by atoms with E-state index in [2.05, 4.69) is 10.3 Å². The maximum atomic E-state index is 12.0. The van der Waals surface area contributed by atoms with Crippen LogP contribution in [0.4, 0.5) is 4.79 Å². The van der Waals surface area contributed by atoms with E-state index in [1.165, 1.54) is 0 Å². The van der Waals surface area contributed by atoms with E-state index in [4.69, 9.17) is 4.74 Å². The molecule has 2 heterocycles. The monoisotopic (exact) mass is 269 g/mol. The van der Waals surface area contributed by atoms with E-state index in [-0.39, 0.29) is 18.2 Å². The zero-order valence-electron chi connectivity index (χ0n) is 11.0. The molecule has 1 aromatic rings. The first-order valence-electron chi connectivity index (χ1n) is 6.13. The first-order chi connectivity index (χ1) is 8.56. The molecule has 1 aliphatic rings. The summed E-state index contributed by atoms with van der Waals surface area (Å²) >= 11 is 1.57. The Labute approximate surface area is 111 Å². The number of hydrogen-bond acceptors (Lipinski definition) is 4. The minimum Gasteiger partial charge on any atom is -0.372 e. The largest absolute Gasteiger partial charge is 0.372 e. The Balaban J connectivity index is 1.86. The summed E-state index contributed by atoms with van der Waals surface area (Å²) in [6.45, 7) is 7.79. The van der Waals surface area contributed by atoms with E-state index in [9.17, 15) is 4.79 Å². The van der Waals surface area contributed by atoms with Crippen LogP contribution in [0.1, 0.15) is 24.4 Å². The van der Waals surface area contributed by atoms with Crippen LogP contribution in [0.25, 0.3) is 0 Å². The molecule has 1 N–H and O–H groups in total. The maximum Gasteiger partial charge on any atom is 0.317 e. The average Bonchev–Trinajstić information content (AvgIpc) is 2.70. The number of aryl methyl sites for hydroxylation is 1. The van der Waals surface area contributed by atoms with Gasteiger partial charge in [-0.3, -0.25) is 0 Å². The Morgan fingerprint density at radius 2 is 2.22 bits per heavy atom. The molecule has 0 saturated carbocycles. The smallest absolute Gasteiger partial charge is 0.317 e. The van der Waals surface area contributed by atoms with E-state index in [1.807, 2.05) is 25.7 Å². The molecule has 2 atom stereocenters. The molecule has 0 aliphatic carbocycles. The van der Waals surface area contributed by atoms with Crippen LogP contribution in [0.15, 0.2) is 5.51 Å². The minimum atomic E-state index is -0.0233. The number of carbonyl (C=O) groups excluding carboxylic acids is 1. The van der Waals surface area contributed by atoms with Crippen LogP contribution < -0.4 is 5.32 Å². The van der Waals surface area contributed by atoms with E-state index >= 15 is 0 Å². The summed E-state index contributed by atoms with van der Waals surface area (Å²) in [4.78, 5) is 19.1. The maximum absolute atomic E-state index is 12.0. The summed E-state index contributed by atoms with van der Waals surface area (Å²) < 4.78 is 5.61. The van der Waals surface area contributed by atoms with E-state index in [0.29, 0.717) is 19.6 Å². The van der Waals surface area contributed by atoms with Crippen molar-refractivity contribution in [3.05, 3.63) is 16.1 Å². The number of aromatic nitrogens is 1. The van der Waals surface area contributed by atoms with E-state index in [0.717, 1.165) is 10.6 Å². The van der Waals surface area contributed by atoms with Gasteiger partial charge >= 0.3 is 6.03 Å². The quantitative estimate of drug-likeness (QED) is 0.890. The van der Waals surface area contributed by atoms with Gasteiger partial charge in [0.2, 0.25) is 0 Å². The molecule has 0 spiro atoms. The fourth-order valence-electron chi connectivity index (χ4n) is 2.11. The highest BCUT2D eigenvalue weighted by Gasteiger charge is 2.25. The van der Waals surface area contributed by atoms with Gasteiger partial charge in [0, 0.05) is 18.0 Å². The number of amides is 2. The van der Waals surface area contributed by atoms with Crippen LogP contribution in [-0.4, -0.2) is 41.2 Å². The molecule has 2 amide bonds. The zero-order chi connectivity index (χ0) is 13.1. The molecule has 0 radical (unpaired) electrons. The second kappa shape index (κ2) is 5.67. The Kier molecular flexibility index (Phi) is 4.19. The van der Waals surface area contributed by atoms with Crippen LogP contribution in [0.5, 0.6) is 0 Å². The van der Waals surface area contributed by atoms with Gasteiger partial charge in [0.05, 0.1) is 30.0 Å². The Hall–Kier alpha value is -1.14. The summed E-state index contributed by atoms with van der Waals surface area (Å²) in [5.74, 6) is 0. The van der Waals surface area contributed by atoms with Crippen molar-refractivity contribution in [1.29, 1.82) is 0 Å². The molecule has 2 unspecified atom stereocenters. The number of rotatable bonds is 2. The molecule has 1 saturated heterocycles. The van der Waals surface area contributed by atoms with Gasteiger partial charge in [0.1, 0.15) is 0 Å². The molecular weight excluding hydrogens is 250 g/mol. The van der Waals surface area contributed by atoms with Crippen LogP contribution in [-0.2, 0) is 11.3 Å². The van der Waals surface area contributed by atoms with Gasteiger partial charge in [-0.15, -0.1) is 11.3 Å². The van der Waals surface area contributed by atoms with E-state index < -0.39 is 0 Å². The standard InChI is InChI=1S/C12H19N3O2S/c1-8-5-15(6-9(2)17-8)12(16)13-4-11-10(3)14-7-18-11/h7-9H,4-6H2,1-3H3,(H,13,16). The fraction of sp³-hybridized carbons (Fsp3) is 0.667. The summed E-state index contributed by atoms with van der Waals surface area (Å²) in [6, 6.07) is -0.0233. The Bertz CT molecular complexity index is 411. The lowest BCUT2D eigenvalue weighted by atomic mass is 10.2. The number of ether oxygens (including phenoxy) is 1. The third kappa shape index (κ3) is 3.20. The third-order valence-corrected chi connectivity index (χ3v) is 3.89. The first-order valence-corrected chi connectivity index (χ1v) is 7.01. The molecular formula is C12H19N3O2S. The van der Waals surface area contributed by atoms with Crippen LogP contribution in [0.3, 0.4) is 0 Å². The lowest BCUT2D eigenvalue weighted by Crippen LogP contribution is -2.51. The summed E-state index contributed by atoms with van der Waals surface area (Å²) in [7, 11) is 0. The second-order valence-corrected chi connectivity index (χ2v) is 5.62. The van der Waals surface area contributed by atoms with Gasteiger partial charge in [-0.2, -0.15) is 0 Å². The number of nitrogens with zero attached hydrogens (tertiary/aromatic N) is 2. The van der Waals surface area contributed by atoms with Crippen LogP contribution >= 0.6 is 11.3 Å². The first kappa shape index (κ1) is 13.3. The third-order valence-electron chi connectivity index (χ3n) is 2.95. The van der Waals surface area contributed by atoms with Gasteiger partial charge < -0.3 is 15.0 Å². The van der Waals surface area contributed by atoms with Crippen molar-refractivity contribution in [2.75, 3.05) is 13.1 Å². The average molecular weight is 269 g/mol. The lowest BCUT2D eigenvalue weighted by molar-refractivity contribution is -0.0545. The number of thiazole rings is 1. The predicted octanol–water partition coefficient (Wildman–Crippen LogP) is 1.77. The lowest BCUT2D eigenvalue weighted by Gasteiger charge is -2.35. The number of urea groups is 1. The van der Waals surface area contributed by atoms with Crippen molar-refractivity contribution in [1.82, 2.24) is 15.2 Å². The van der Waals surface area contributed by atoms with Crippen LogP contribution in [0, 0.1) is 6.92 Å². The predicted molar refractivity (Wildman–Crippen MR) is 70.7 cm³/mol. The highest BCUT2D eigenvalue weighted by atomic mass is 32.1. The molecule has 5 nitrogen and oxygen atoms in total. The van der Waals surface area contributed by atoms with Gasteiger partial charge in [0.25, 0.3) is 0 Å². The number of nitrogens with one attached hydrogen (secondary N) is 1. The van der Waals surface area contributed by atoms with Crippen molar-refractivity contribution in [2.45, 2.75) is 39.5 Å². The molecule has 1 aromatic heterocycles. The second-order valence-electron chi connectivity index (χ2n) is 4.68. The van der Waals surface area contributed by atoms with Crippen molar-refractivity contribution >= 4 is 17.4 Å². The highest BCUT2D eigenvalue weighted by molar-refractivity contribution is 7.09. The summed E-state index contributed by atoms with van der Waals surface area (Å²) in [5.41, 5.74) is 2.79. The Morgan fingerprint density at radius 1 is 1.56 bits per heavy atom. The summed E-state index contributed by atoms with van der Waals surface area (Å²) in [5, 5.41) is 2.94. The van der Waals surface area contributed by atoms with Crippen molar-refractivity contribution < 1.29 is 9.53 Å². The molecule has 1 fully saturated rings. The van der Waals surface area contributed by atoms with Gasteiger partial charge in [-0.1, -0.05) is 0 Å². The molecule has 6 heteroatoms. The fourth-order valence-corrected chi connectivity index (χ4v) is 2.82. The number of hydrogen-bond donors (Lipinski definition) is 1. The van der Waals surface area contributed by atoms with E-state index in [1.54, 1.807) is 16.8 Å². The zero-order valence-corrected chi connectivity index (χ0v) is 11.8. The molecule has 2 rings (SSSR count). The van der Waals surface area contributed by atoms with Crippen molar-refractivity contribution in [3.63, 3.8) is 0 Å². The molecule has 100 valence electrons. The number of morpholine rings is 1. The molecule has 0 aromatic carbocycles. The normalized spacial score (nSPS) is 24.1. The van der Waals surface area contributed by atoms with Gasteiger partial charge in [-0.25, -0.2) is 9.78 Å². The van der Waals surface area contributed by atoms with Crippen LogP contribution in [0.2, 0.25) is 0 Å². The number of carbonyl (C=O) groups is 1. The Morgan fingerprint density at radius 3 is 2.78 bits per heavy atom.